The van der Waals surface area contributed by atoms with E-state index in [1.807, 2.05) is 14.1 Å². The van der Waals surface area contributed by atoms with Gasteiger partial charge < -0.3 is 10.2 Å². The van der Waals surface area contributed by atoms with Gasteiger partial charge in [0.2, 0.25) is 10.0 Å². The summed E-state index contributed by atoms with van der Waals surface area (Å²) in [5, 5.41) is 3.33. The number of sulfonamides is 1. The molecule has 2 rings (SSSR count). The lowest BCUT2D eigenvalue weighted by Crippen LogP contribution is -2.29. The smallest absolute Gasteiger partial charge is 0.251 e. The fourth-order valence-electron chi connectivity index (χ4n) is 2.69. The highest BCUT2D eigenvalue weighted by Gasteiger charge is 2.21. The summed E-state index contributed by atoms with van der Waals surface area (Å²) in [6.07, 6.45) is 1.97. The summed E-state index contributed by atoms with van der Waals surface area (Å²) in [6, 6.07) is 11.7. The van der Waals surface area contributed by atoms with E-state index in [4.69, 9.17) is 23.2 Å². The normalized spacial score (nSPS) is 11.5. The van der Waals surface area contributed by atoms with Gasteiger partial charge >= 0.3 is 0 Å². The molecule has 1 amide bonds. The number of nitrogens with zero attached hydrogens (tertiary/aromatic N) is 2. The number of carbonyl (C=O) groups is 1. The van der Waals surface area contributed by atoms with E-state index in [1.165, 1.54) is 4.31 Å². The summed E-state index contributed by atoms with van der Waals surface area (Å²) in [5.41, 5.74) is 1.55. The molecule has 0 unspecified atom stereocenters. The van der Waals surface area contributed by atoms with Crippen LogP contribution in [-0.4, -0.2) is 52.7 Å². The molecule has 0 aliphatic rings. The van der Waals surface area contributed by atoms with E-state index in [9.17, 15) is 13.2 Å². The van der Waals surface area contributed by atoms with Gasteiger partial charge in [-0.3, -0.25) is 9.10 Å². The van der Waals surface area contributed by atoms with Crippen molar-refractivity contribution in [2.24, 2.45) is 0 Å². The quantitative estimate of drug-likeness (QED) is 0.583. The first-order valence-corrected chi connectivity index (χ1v) is 11.6. The average molecular weight is 458 g/mol. The molecule has 0 fully saturated rings. The van der Waals surface area contributed by atoms with Crippen LogP contribution in [0.1, 0.15) is 22.3 Å². The van der Waals surface area contributed by atoms with E-state index in [1.54, 1.807) is 42.5 Å². The number of anilines is 1. The van der Waals surface area contributed by atoms with Gasteiger partial charge in [0, 0.05) is 12.1 Å². The first kappa shape index (κ1) is 23.5. The summed E-state index contributed by atoms with van der Waals surface area (Å²) in [6.45, 7) is 1.56. The second-order valence-corrected chi connectivity index (χ2v) is 9.64. The molecule has 1 N–H and O–H groups in total. The SMILES string of the molecule is CN(C)CCCNC(=O)c1ccc(CN(c2cccc(Cl)c2Cl)S(C)(=O)=O)cc1. The molecule has 0 heterocycles. The maximum Gasteiger partial charge on any atom is 0.251 e. The van der Waals surface area contributed by atoms with Gasteiger partial charge in [0.05, 0.1) is 28.5 Å². The van der Waals surface area contributed by atoms with E-state index in [-0.39, 0.29) is 22.5 Å². The Labute approximate surface area is 182 Å². The maximum atomic E-state index is 12.3. The Hall–Kier alpha value is -1.80. The zero-order valence-corrected chi connectivity index (χ0v) is 19.0. The molecule has 0 saturated carbocycles. The molecule has 2 aromatic rings. The largest absolute Gasteiger partial charge is 0.352 e. The Morgan fingerprint density at radius 1 is 1.07 bits per heavy atom. The number of rotatable bonds is 9. The molecule has 0 atom stereocenters. The lowest BCUT2D eigenvalue weighted by molar-refractivity contribution is 0.0952. The number of carbonyl (C=O) groups excluding carboxylic acids is 1. The van der Waals surface area contributed by atoms with Crippen molar-refractivity contribution in [1.29, 1.82) is 0 Å². The van der Waals surface area contributed by atoms with Crippen LogP contribution >= 0.6 is 23.2 Å². The first-order valence-electron chi connectivity index (χ1n) is 9.03. The second-order valence-electron chi connectivity index (χ2n) is 6.95. The molecule has 0 aromatic heterocycles. The molecule has 0 saturated heterocycles. The van der Waals surface area contributed by atoms with E-state index in [0.29, 0.717) is 17.8 Å². The van der Waals surface area contributed by atoms with Crippen LogP contribution in [0.4, 0.5) is 5.69 Å². The van der Waals surface area contributed by atoms with Crippen molar-refractivity contribution >= 4 is 44.8 Å². The third kappa shape index (κ3) is 6.89. The molecule has 2 aromatic carbocycles. The Morgan fingerprint density at radius 3 is 2.31 bits per heavy atom. The van der Waals surface area contributed by atoms with Crippen LogP contribution in [-0.2, 0) is 16.6 Å². The summed E-state index contributed by atoms with van der Waals surface area (Å²) in [4.78, 5) is 14.3. The minimum absolute atomic E-state index is 0.0730. The Bertz CT molecular complexity index is 948. The van der Waals surface area contributed by atoms with Crippen molar-refractivity contribution in [2.45, 2.75) is 13.0 Å². The molecule has 0 aliphatic heterocycles. The van der Waals surface area contributed by atoms with Gasteiger partial charge in [-0.1, -0.05) is 41.4 Å². The minimum atomic E-state index is -3.60. The monoisotopic (exact) mass is 457 g/mol. The van der Waals surface area contributed by atoms with Crippen molar-refractivity contribution < 1.29 is 13.2 Å². The maximum absolute atomic E-state index is 12.3. The number of hydrogen-bond donors (Lipinski definition) is 1. The van der Waals surface area contributed by atoms with Gasteiger partial charge in [-0.05, 0) is 56.9 Å². The standard InChI is InChI=1S/C20H25Cl2N3O3S/c1-24(2)13-5-12-23-20(26)16-10-8-15(9-11-16)14-25(29(3,27)28)18-7-4-6-17(21)19(18)22/h4,6-11H,5,12-14H2,1-3H3,(H,23,26). The Balaban J connectivity index is 2.11. The highest BCUT2D eigenvalue weighted by molar-refractivity contribution is 7.92. The van der Waals surface area contributed by atoms with Crippen LogP contribution in [0.25, 0.3) is 0 Å². The van der Waals surface area contributed by atoms with Gasteiger partial charge in [0.1, 0.15) is 0 Å². The van der Waals surface area contributed by atoms with Crippen LogP contribution in [0.15, 0.2) is 42.5 Å². The predicted octanol–water partition coefficient (Wildman–Crippen LogP) is 3.64. The van der Waals surface area contributed by atoms with Crippen molar-refractivity contribution in [3.63, 3.8) is 0 Å². The van der Waals surface area contributed by atoms with Gasteiger partial charge in [-0.15, -0.1) is 0 Å². The van der Waals surface area contributed by atoms with Crippen LogP contribution in [0.5, 0.6) is 0 Å². The van der Waals surface area contributed by atoms with Gasteiger partial charge in [-0.2, -0.15) is 0 Å². The predicted molar refractivity (Wildman–Crippen MR) is 119 cm³/mol. The number of amides is 1. The van der Waals surface area contributed by atoms with E-state index >= 15 is 0 Å². The molecule has 0 spiro atoms. The molecule has 158 valence electrons. The van der Waals surface area contributed by atoms with E-state index < -0.39 is 10.0 Å². The van der Waals surface area contributed by atoms with Crippen LogP contribution in [0.2, 0.25) is 10.0 Å². The number of benzene rings is 2. The van der Waals surface area contributed by atoms with Gasteiger partial charge in [-0.25, -0.2) is 8.42 Å². The van der Waals surface area contributed by atoms with Gasteiger partial charge in [0.25, 0.3) is 5.91 Å². The molecule has 0 aliphatic carbocycles. The molecule has 0 radical (unpaired) electrons. The highest BCUT2D eigenvalue weighted by Crippen LogP contribution is 2.34. The fraction of sp³-hybridized carbons (Fsp3) is 0.350. The number of halogens is 2. The van der Waals surface area contributed by atoms with Crippen molar-refractivity contribution in [3.05, 3.63) is 63.6 Å². The van der Waals surface area contributed by atoms with Crippen LogP contribution < -0.4 is 9.62 Å². The molecule has 29 heavy (non-hydrogen) atoms. The molecule has 6 nitrogen and oxygen atoms in total. The summed E-state index contributed by atoms with van der Waals surface area (Å²) < 4.78 is 25.8. The summed E-state index contributed by atoms with van der Waals surface area (Å²) >= 11 is 12.2. The highest BCUT2D eigenvalue weighted by atomic mass is 35.5. The van der Waals surface area contributed by atoms with E-state index in [0.717, 1.165) is 24.8 Å². The second kappa shape index (κ2) is 10.3. The molecular weight excluding hydrogens is 433 g/mol. The lowest BCUT2D eigenvalue weighted by Gasteiger charge is -2.24. The van der Waals surface area contributed by atoms with E-state index in [2.05, 4.69) is 10.2 Å². The molecule has 9 heteroatoms. The average Bonchev–Trinajstić information content (AvgIpc) is 2.65. The zero-order valence-electron chi connectivity index (χ0n) is 16.7. The lowest BCUT2D eigenvalue weighted by atomic mass is 10.1. The molecule has 0 bridgehead atoms. The third-order valence-corrected chi connectivity index (χ3v) is 6.15. The number of hydrogen-bond acceptors (Lipinski definition) is 4. The first-order chi connectivity index (χ1) is 13.6. The zero-order chi connectivity index (χ0) is 21.6. The van der Waals surface area contributed by atoms with Crippen LogP contribution in [0.3, 0.4) is 0 Å². The van der Waals surface area contributed by atoms with Crippen molar-refractivity contribution in [2.75, 3.05) is 37.7 Å². The Morgan fingerprint density at radius 2 is 1.72 bits per heavy atom. The van der Waals surface area contributed by atoms with Crippen LogP contribution in [0, 0.1) is 0 Å². The Kier molecular flexibility index (Phi) is 8.34. The fourth-order valence-corrected chi connectivity index (χ4v) is 4.03. The van der Waals surface area contributed by atoms with Crippen molar-refractivity contribution in [3.8, 4) is 0 Å². The summed E-state index contributed by atoms with van der Waals surface area (Å²) in [5.74, 6) is -0.159. The van der Waals surface area contributed by atoms with Gasteiger partial charge in [0.15, 0.2) is 0 Å². The third-order valence-electron chi connectivity index (χ3n) is 4.21. The summed E-state index contributed by atoms with van der Waals surface area (Å²) in [7, 11) is 0.369. The number of nitrogens with one attached hydrogen (secondary N) is 1. The minimum Gasteiger partial charge on any atom is -0.352 e. The molecular formula is C20H25Cl2N3O3S. The van der Waals surface area contributed by atoms with Crippen molar-refractivity contribution in [1.82, 2.24) is 10.2 Å². The topological polar surface area (TPSA) is 69.7 Å².